The highest BCUT2D eigenvalue weighted by atomic mass is 16.5. The number of para-hydroxylation sites is 1. The molecule has 1 saturated heterocycles. The lowest BCUT2D eigenvalue weighted by Crippen LogP contribution is -2.46. The van der Waals surface area contributed by atoms with Crippen molar-refractivity contribution in [3.8, 4) is 5.75 Å². The first-order valence-corrected chi connectivity index (χ1v) is 11.1. The summed E-state index contributed by atoms with van der Waals surface area (Å²) in [6.45, 7) is 0.406. The Hall–Kier alpha value is -3.41. The third-order valence-corrected chi connectivity index (χ3v) is 6.17. The third kappa shape index (κ3) is 4.59. The fraction of sp³-hybridized carbons (Fsp3) is 0.346. The second-order valence-electron chi connectivity index (χ2n) is 8.21. The third-order valence-electron chi connectivity index (χ3n) is 6.17. The molecule has 1 aliphatic carbocycles. The van der Waals surface area contributed by atoms with Crippen molar-refractivity contribution in [2.24, 2.45) is 0 Å². The molecule has 166 valence electrons. The number of benzene rings is 2. The Balaban J connectivity index is 1.60. The highest BCUT2D eigenvalue weighted by Gasteiger charge is 2.44. The molecule has 0 bridgehead atoms. The van der Waals surface area contributed by atoms with E-state index in [1.165, 1.54) is 16.9 Å². The van der Waals surface area contributed by atoms with Crippen LogP contribution in [0.25, 0.3) is 0 Å². The van der Waals surface area contributed by atoms with Gasteiger partial charge in [-0.2, -0.15) is 0 Å². The molecule has 1 atom stereocenters. The highest BCUT2D eigenvalue weighted by Crippen LogP contribution is 2.28. The molecule has 2 aromatic carbocycles. The van der Waals surface area contributed by atoms with E-state index in [2.05, 4.69) is 6.08 Å². The van der Waals surface area contributed by atoms with Gasteiger partial charge in [0.25, 0.3) is 11.8 Å². The van der Waals surface area contributed by atoms with Gasteiger partial charge in [-0.3, -0.25) is 14.4 Å². The molecule has 2 aromatic rings. The van der Waals surface area contributed by atoms with E-state index in [0.29, 0.717) is 30.0 Å². The second-order valence-corrected chi connectivity index (χ2v) is 8.21. The fourth-order valence-electron chi connectivity index (χ4n) is 4.40. The van der Waals surface area contributed by atoms with Gasteiger partial charge in [0, 0.05) is 12.1 Å². The Morgan fingerprint density at radius 1 is 1.06 bits per heavy atom. The molecule has 0 N–H and O–H groups in total. The van der Waals surface area contributed by atoms with E-state index in [4.69, 9.17) is 4.74 Å². The van der Waals surface area contributed by atoms with Gasteiger partial charge in [0.2, 0.25) is 5.91 Å². The summed E-state index contributed by atoms with van der Waals surface area (Å²) in [4.78, 5) is 42.4. The number of anilines is 1. The Kier molecular flexibility index (Phi) is 6.69. The average Bonchev–Trinajstić information content (AvgIpc) is 3.14. The van der Waals surface area contributed by atoms with Crippen molar-refractivity contribution in [1.29, 1.82) is 0 Å². The topological polar surface area (TPSA) is 66.9 Å². The summed E-state index contributed by atoms with van der Waals surface area (Å²) in [7, 11) is 1.57. The molecule has 0 aromatic heterocycles. The Morgan fingerprint density at radius 3 is 2.47 bits per heavy atom. The standard InChI is InChI=1S/C26H28N2O4/c1-32-22-14-12-20(13-15-22)25(30)27(17-16-19-8-4-2-5-9-19)23-18-24(29)28(26(23)31)21-10-6-3-7-11-21/h3,6-8,10-15,23H,2,4-5,9,16-18H2,1H3. The zero-order valence-electron chi connectivity index (χ0n) is 18.3. The Morgan fingerprint density at radius 2 is 1.81 bits per heavy atom. The monoisotopic (exact) mass is 432 g/mol. The summed E-state index contributed by atoms with van der Waals surface area (Å²) >= 11 is 0. The van der Waals surface area contributed by atoms with E-state index < -0.39 is 6.04 Å². The maximum atomic E-state index is 13.5. The van der Waals surface area contributed by atoms with Gasteiger partial charge >= 0.3 is 0 Å². The minimum atomic E-state index is -0.804. The molecular formula is C26H28N2O4. The van der Waals surface area contributed by atoms with Gasteiger partial charge in [0.15, 0.2) is 0 Å². The molecule has 1 unspecified atom stereocenters. The van der Waals surface area contributed by atoms with Crippen LogP contribution in [0.4, 0.5) is 5.69 Å². The lowest BCUT2D eigenvalue weighted by atomic mass is 9.96. The number of amides is 3. The van der Waals surface area contributed by atoms with Crippen molar-refractivity contribution in [3.05, 3.63) is 71.8 Å². The molecule has 32 heavy (non-hydrogen) atoms. The number of rotatable bonds is 7. The van der Waals surface area contributed by atoms with Crippen molar-refractivity contribution in [2.45, 2.75) is 44.6 Å². The van der Waals surface area contributed by atoms with E-state index in [1.54, 1.807) is 60.5 Å². The molecule has 2 aliphatic rings. The number of methoxy groups -OCH3 is 1. The predicted molar refractivity (Wildman–Crippen MR) is 123 cm³/mol. The highest BCUT2D eigenvalue weighted by molar-refractivity contribution is 6.23. The van der Waals surface area contributed by atoms with Gasteiger partial charge in [0.1, 0.15) is 11.8 Å². The fourth-order valence-corrected chi connectivity index (χ4v) is 4.40. The van der Waals surface area contributed by atoms with Crippen molar-refractivity contribution in [3.63, 3.8) is 0 Å². The van der Waals surface area contributed by atoms with Crippen molar-refractivity contribution in [2.75, 3.05) is 18.6 Å². The van der Waals surface area contributed by atoms with Crippen LogP contribution < -0.4 is 9.64 Å². The van der Waals surface area contributed by atoms with E-state index in [9.17, 15) is 14.4 Å². The van der Waals surface area contributed by atoms with Crippen LogP contribution in [0.2, 0.25) is 0 Å². The first-order valence-electron chi connectivity index (χ1n) is 11.1. The first kappa shape index (κ1) is 21.8. The number of allylic oxidation sites excluding steroid dienone is 1. The van der Waals surface area contributed by atoms with Gasteiger partial charge in [0.05, 0.1) is 19.2 Å². The van der Waals surface area contributed by atoms with Gasteiger partial charge in [-0.25, -0.2) is 4.90 Å². The van der Waals surface area contributed by atoms with Crippen molar-refractivity contribution in [1.82, 2.24) is 4.90 Å². The first-order chi connectivity index (χ1) is 15.6. The van der Waals surface area contributed by atoms with E-state index >= 15 is 0 Å². The lowest BCUT2D eigenvalue weighted by molar-refractivity contribution is -0.122. The molecular weight excluding hydrogens is 404 g/mol. The maximum Gasteiger partial charge on any atom is 0.257 e. The number of nitrogens with zero attached hydrogens (tertiary/aromatic N) is 2. The minimum Gasteiger partial charge on any atom is -0.497 e. The molecule has 3 amide bonds. The van der Waals surface area contributed by atoms with Crippen LogP contribution in [0.5, 0.6) is 5.75 Å². The summed E-state index contributed by atoms with van der Waals surface area (Å²) in [6, 6.07) is 14.9. The van der Waals surface area contributed by atoms with Crippen LogP contribution in [-0.2, 0) is 9.59 Å². The molecule has 1 aliphatic heterocycles. The zero-order valence-corrected chi connectivity index (χ0v) is 18.3. The van der Waals surface area contributed by atoms with Gasteiger partial charge in [-0.05, 0) is 68.5 Å². The smallest absolute Gasteiger partial charge is 0.257 e. The zero-order chi connectivity index (χ0) is 22.5. The number of ether oxygens (including phenoxy) is 1. The Labute approximate surface area is 188 Å². The van der Waals surface area contributed by atoms with Gasteiger partial charge in [-0.15, -0.1) is 0 Å². The van der Waals surface area contributed by atoms with Crippen LogP contribution in [0, 0.1) is 0 Å². The number of carbonyl (C=O) groups excluding carboxylic acids is 3. The summed E-state index contributed by atoms with van der Waals surface area (Å²) in [5, 5.41) is 0. The summed E-state index contributed by atoms with van der Waals surface area (Å²) in [6.07, 6.45) is 7.39. The minimum absolute atomic E-state index is 0.00529. The second kappa shape index (κ2) is 9.81. The lowest BCUT2D eigenvalue weighted by Gasteiger charge is -2.28. The maximum absolute atomic E-state index is 13.5. The van der Waals surface area contributed by atoms with Crippen LogP contribution in [-0.4, -0.2) is 42.3 Å². The molecule has 0 saturated carbocycles. The quantitative estimate of drug-likeness (QED) is 0.482. The molecule has 0 spiro atoms. The number of hydrogen-bond acceptors (Lipinski definition) is 4. The number of imide groups is 1. The number of hydrogen-bond donors (Lipinski definition) is 0. The molecule has 6 heteroatoms. The normalized spacial score (nSPS) is 18.5. The summed E-state index contributed by atoms with van der Waals surface area (Å²) in [5.74, 6) is -0.218. The van der Waals surface area contributed by atoms with Crippen LogP contribution in [0.1, 0.15) is 48.9 Å². The number of carbonyl (C=O) groups is 3. The summed E-state index contributed by atoms with van der Waals surface area (Å²) < 4.78 is 5.19. The van der Waals surface area contributed by atoms with Gasteiger partial charge < -0.3 is 9.64 Å². The predicted octanol–water partition coefficient (Wildman–Crippen LogP) is 4.36. The van der Waals surface area contributed by atoms with Crippen LogP contribution in [0.15, 0.2) is 66.2 Å². The van der Waals surface area contributed by atoms with Crippen LogP contribution >= 0.6 is 0 Å². The largest absolute Gasteiger partial charge is 0.497 e. The average molecular weight is 433 g/mol. The molecule has 6 nitrogen and oxygen atoms in total. The molecule has 1 heterocycles. The van der Waals surface area contributed by atoms with Gasteiger partial charge in [-0.1, -0.05) is 29.8 Å². The van der Waals surface area contributed by atoms with E-state index in [0.717, 1.165) is 19.3 Å². The van der Waals surface area contributed by atoms with Crippen molar-refractivity contribution >= 4 is 23.4 Å². The van der Waals surface area contributed by atoms with E-state index in [1.807, 2.05) is 6.07 Å². The molecule has 0 radical (unpaired) electrons. The summed E-state index contributed by atoms with van der Waals surface area (Å²) in [5.41, 5.74) is 2.33. The van der Waals surface area contributed by atoms with Crippen LogP contribution in [0.3, 0.4) is 0 Å². The van der Waals surface area contributed by atoms with Crippen molar-refractivity contribution < 1.29 is 19.1 Å². The SMILES string of the molecule is COc1ccc(C(=O)N(CCC2=CCCCC2)C2CC(=O)N(c3ccccc3)C2=O)cc1. The van der Waals surface area contributed by atoms with E-state index in [-0.39, 0.29) is 24.1 Å². The molecule has 1 fully saturated rings. The Bertz CT molecular complexity index is 1010. The molecule has 4 rings (SSSR count).